The zero-order valence-corrected chi connectivity index (χ0v) is 16.3. The molecule has 0 aliphatic carbocycles. The minimum atomic E-state index is 0.157. The number of nitrogens with one attached hydrogen (secondary N) is 2. The average Bonchev–Trinajstić information content (AvgIpc) is 2.51. The summed E-state index contributed by atoms with van der Waals surface area (Å²) in [5.41, 5.74) is 6.29. The van der Waals surface area contributed by atoms with Crippen molar-refractivity contribution in [2.24, 2.45) is 0 Å². The molecule has 0 saturated carbocycles. The molecule has 24 heavy (non-hydrogen) atoms. The van der Waals surface area contributed by atoms with Gasteiger partial charge in [0.1, 0.15) is 0 Å². The van der Waals surface area contributed by atoms with Crippen molar-refractivity contribution in [1.29, 1.82) is 0 Å². The molecule has 0 radical (unpaired) electrons. The number of anilines is 1. The van der Waals surface area contributed by atoms with E-state index in [4.69, 9.17) is 12.2 Å². The molecule has 1 atom stereocenters. The van der Waals surface area contributed by atoms with Crippen LogP contribution in [0.5, 0.6) is 0 Å². The van der Waals surface area contributed by atoms with Crippen LogP contribution in [0.4, 0.5) is 5.69 Å². The second-order valence-corrected chi connectivity index (χ2v) is 7.85. The molecule has 128 valence electrons. The summed E-state index contributed by atoms with van der Waals surface area (Å²) in [7, 11) is 0. The van der Waals surface area contributed by atoms with Gasteiger partial charge in [0.05, 0.1) is 6.04 Å². The maximum atomic E-state index is 5.48. The largest absolute Gasteiger partial charge is 0.356 e. The molecule has 0 aliphatic heterocycles. The monoisotopic (exact) mass is 340 g/mol. The van der Waals surface area contributed by atoms with Crippen molar-refractivity contribution in [3.05, 3.63) is 64.7 Å². The van der Waals surface area contributed by atoms with Gasteiger partial charge in [-0.05, 0) is 66.7 Å². The molecule has 2 aromatic carbocycles. The Morgan fingerprint density at radius 1 is 1.00 bits per heavy atom. The number of thiocarbonyl (C=S) groups is 1. The van der Waals surface area contributed by atoms with Gasteiger partial charge in [0.2, 0.25) is 0 Å². The van der Waals surface area contributed by atoms with Crippen LogP contribution >= 0.6 is 12.2 Å². The topological polar surface area (TPSA) is 24.1 Å². The van der Waals surface area contributed by atoms with Crippen LogP contribution in [-0.4, -0.2) is 5.11 Å². The van der Waals surface area contributed by atoms with Gasteiger partial charge in [-0.1, -0.05) is 57.2 Å². The van der Waals surface area contributed by atoms with Gasteiger partial charge in [0.25, 0.3) is 0 Å². The molecule has 0 spiro atoms. The summed E-state index contributed by atoms with van der Waals surface area (Å²) in [6, 6.07) is 15.1. The van der Waals surface area contributed by atoms with Gasteiger partial charge in [-0.25, -0.2) is 0 Å². The number of benzene rings is 2. The lowest BCUT2D eigenvalue weighted by molar-refractivity contribution is 0.589. The van der Waals surface area contributed by atoms with Crippen LogP contribution in [-0.2, 0) is 5.41 Å². The predicted molar refractivity (Wildman–Crippen MR) is 109 cm³/mol. The summed E-state index contributed by atoms with van der Waals surface area (Å²) >= 11 is 5.48. The van der Waals surface area contributed by atoms with Gasteiger partial charge < -0.3 is 10.6 Å². The van der Waals surface area contributed by atoms with Gasteiger partial charge in [-0.3, -0.25) is 0 Å². The fourth-order valence-corrected chi connectivity index (χ4v) is 2.88. The first-order valence-corrected chi connectivity index (χ1v) is 8.83. The van der Waals surface area contributed by atoms with Crippen LogP contribution in [0.1, 0.15) is 56.0 Å². The number of rotatable bonds is 3. The van der Waals surface area contributed by atoms with Crippen LogP contribution in [0.15, 0.2) is 42.5 Å². The van der Waals surface area contributed by atoms with Gasteiger partial charge in [-0.2, -0.15) is 0 Å². The van der Waals surface area contributed by atoms with Crippen LogP contribution in [0, 0.1) is 13.8 Å². The van der Waals surface area contributed by atoms with E-state index in [1.165, 1.54) is 22.3 Å². The first kappa shape index (κ1) is 18.5. The Morgan fingerprint density at radius 2 is 1.62 bits per heavy atom. The van der Waals surface area contributed by atoms with Crippen LogP contribution in [0.2, 0.25) is 0 Å². The Kier molecular flexibility index (Phi) is 5.66. The van der Waals surface area contributed by atoms with Crippen molar-refractivity contribution >= 4 is 23.0 Å². The smallest absolute Gasteiger partial charge is 0.171 e. The van der Waals surface area contributed by atoms with E-state index >= 15 is 0 Å². The van der Waals surface area contributed by atoms with E-state index in [-0.39, 0.29) is 11.5 Å². The molecule has 2 nitrogen and oxygen atoms in total. The molecule has 0 saturated heterocycles. The van der Waals surface area contributed by atoms with Crippen molar-refractivity contribution < 1.29 is 0 Å². The van der Waals surface area contributed by atoms with E-state index in [9.17, 15) is 0 Å². The lowest BCUT2D eigenvalue weighted by atomic mass is 9.86. The Balaban J connectivity index is 2.02. The highest BCUT2D eigenvalue weighted by atomic mass is 32.1. The fraction of sp³-hybridized carbons (Fsp3) is 0.381. The third-order valence-electron chi connectivity index (χ3n) is 4.48. The summed E-state index contributed by atoms with van der Waals surface area (Å²) in [5, 5.41) is 7.33. The molecule has 0 bridgehead atoms. The van der Waals surface area contributed by atoms with Crippen molar-refractivity contribution in [2.75, 3.05) is 5.32 Å². The molecule has 0 aromatic heterocycles. The average molecular weight is 341 g/mol. The number of aryl methyl sites for hydroxylation is 1. The van der Waals surface area contributed by atoms with Gasteiger partial charge >= 0.3 is 0 Å². The van der Waals surface area contributed by atoms with Crippen LogP contribution in [0.25, 0.3) is 0 Å². The normalized spacial score (nSPS) is 12.6. The molecule has 2 aromatic rings. The van der Waals surface area contributed by atoms with Crippen molar-refractivity contribution in [1.82, 2.24) is 5.32 Å². The maximum Gasteiger partial charge on any atom is 0.171 e. The molecule has 3 heteroatoms. The summed E-state index contributed by atoms with van der Waals surface area (Å²) in [6.45, 7) is 13.0. The summed E-state index contributed by atoms with van der Waals surface area (Å²) in [5.74, 6) is 0. The maximum absolute atomic E-state index is 5.48. The standard InChI is InChI=1S/C21H28N2S/c1-14-8-7-9-19(15(14)2)23-20(24)22-16(3)17-10-12-18(13-11-17)21(4,5)6/h7-13,16H,1-6H3,(H2,22,23,24). The highest BCUT2D eigenvalue weighted by molar-refractivity contribution is 7.80. The Labute approximate surface area is 151 Å². The van der Waals surface area contributed by atoms with E-state index in [1.54, 1.807) is 0 Å². The van der Waals surface area contributed by atoms with E-state index in [0.717, 1.165) is 5.69 Å². The second-order valence-electron chi connectivity index (χ2n) is 7.44. The zero-order valence-electron chi connectivity index (χ0n) is 15.5. The van der Waals surface area contributed by atoms with Crippen molar-refractivity contribution in [3.63, 3.8) is 0 Å². The summed E-state index contributed by atoms with van der Waals surface area (Å²) < 4.78 is 0. The molecular formula is C21H28N2S. The van der Waals surface area contributed by atoms with Gasteiger partial charge in [-0.15, -0.1) is 0 Å². The molecule has 0 amide bonds. The highest BCUT2D eigenvalue weighted by Crippen LogP contribution is 2.24. The lowest BCUT2D eigenvalue weighted by Gasteiger charge is -2.22. The SMILES string of the molecule is Cc1cccc(NC(=S)NC(C)c2ccc(C(C)(C)C)cc2)c1C. The predicted octanol–water partition coefficient (Wildman–Crippen LogP) is 5.65. The van der Waals surface area contributed by atoms with E-state index < -0.39 is 0 Å². The quantitative estimate of drug-likeness (QED) is 0.706. The Hall–Kier alpha value is -1.87. The Bertz CT molecular complexity index is 712. The molecular weight excluding hydrogens is 312 g/mol. The first-order valence-electron chi connectivity index (χ1n) is 8.42. The van der Waals surface area contributed by atoms with Crippen LogP contribution < -0.4 is 10.6 Å². The van der Waals surface area contributed by atoms with E-state index in [2.05, 4.69) is 88.6 Å². The Morgan fingerprint density at radius 3 is 2.21 bits per heavy atom. The molecule has 1 unspecified atom stereocenters. The zero-order chi connectivity index (χ0) is 17.9. The molecule has 2 N–H and O–H groups in total. The summed E-state index contributed by atoms with van der Waals surface area (Å²) in [4.78, 5) is 0. The van der Waals surface area contributed by atoms with Crippen molar-refractivity contribution in [3.8, 4) is 0 Å². The minimum Gasteiger partial charge on any atom is -0.356 e. The lowest BCUT2D eigenvalue weighted by Crippen LogP contribution is -2.31. The second kappa shape index (κ2) is 7.35. The molecule has 0 aliphatic rings. The minimum absolute atomic E-state index is 0.157. The van der Waals surface area contributed by atoms with Crippen molar-refractivity contribution in [2.45, 2.75) is 53.0 Å². The third kappa shape index (κ3) is 4.57. The number of hydrogen-bond acceptors (Lipinski definition) is 1. The molecule has 0 fully saturated rings. The third-order valence-corrected chi connectivity index (χ3v) is 4.70. The highest BCUT2D eigenvalue weighted by Gasteiger charge is 2.14. The molecule has 2 rings (SSSR count). The summed E-state index contributed by atoms with van der Waals surface area (Å²) in [6.07, 6.45) is 0. The number of hydrogen-bond donors (Lipinski definition) is 2. The van der Waals surface area contributed by atoms with E-state index in [1.807, 2.05) is 6.07 Å². The first-order chi connectivity index (χ1) is 11.2. The fourth-order valence-electron chi connectivity index (χ4n) is 2.60. The molecule has 0 heterocycles. The van der Waals surface area contributed by atoms with Gasteiger partial charge in [0, 0.05) is 5.69 Å². The van der Waals surface area contributed by atoms with Crippen LogP contribution in [0.3, 0.4) is 0 Å². The van der Waals surface area contributed by atoms with Gasteiger partial charge in [0.15, 0.2) is 5.11 Å². The van der Waals surface area contributed by atoms with E-state index in [0.29, 0.717) is 5.11 Å².